The van der Waals surface area contributed by atoms with Gasteiger partial charge in [-0.25, -0.2) is 21.2 Å². The molecule has 0 aliphatic carbocycles. The van der Waals surface area contributed by atoms with Crippen molar-refractivity contribution in [2.75, 3.05) is 43.5 Å². The fourth-order valence-corrected chi connectivity index (χ4v) is 7.28. The number of hydrogen-bond donors (Lipinski definition) is 1. The van der Waals surface area contributed by atoms with E-state index in [4.69, 9.17) is 9.47 Å². The Morgan fingerprint density at radius 2 is 1.45 bits per heavy atom. The Bertz CT molecular complexity index is 1560. The van der Waals surface area contributed by atoms with E-state index in [1.165, 1.54) is 73.1 Å². The first-order chi connectivity index (χ1) is 19.1. The number of sulfonamides is 2. The number of rotatable bonds is 10. The van der Waals surface area contributed by atoms with Crippen molar-refractivity contribution < 1.29 is 35.5 Å². The lowest BCUT2D eigenvalue weighted by Gasteiger charge is -2.26. The predicted molar refractivity (Wildman–Crippen MR) is 148 cm³/mol. The highest BCUT2D eigenvalue weighted by molar-refractivity contribution is 7.92. The first kappa shape index (κ1) is 29.3. The summed E-state index contributed by atoms with van der Waals surface area (Å²) in [4.78, 5) is 13.0. The van der Waals surface area contributed by atoms with Gasteiger partial charge in [0.25, 0.3) is 10.0 Å². The minimum absolute atomic E-state index is 0.0642. The largest absolute Gasteiger partial charge is 0.493 e. The van der Waals surface area contributed by atoms with Gasteiger partial charge >= 0.3 is 0 Å². The molecule has 1 aliphatic heterocycles. The van der Waals surface area contributed by atoms with Crippen LogP contribution in [0.2, 0.25) is 0 Å². The van der Waals surface area contributed by atoms with Gasteiger partial charge in [-0.15, -0.1) is 0 Å². The number of ether oxygens (including phenoxy) is 2. The lowest BCUT2D eigenvalue weighted by atomic mass is 10.2. The van der Waals surface area contributed by atoms with Gasteiger partial charge in [-0.1, -0.05) is 6.42 Å². The molecule has 3 aromatic rings. The van der Waals surface area contributed by atoms with Crippen LogP contribution in [-0.4, -0.2) is 60.9 Å². The summed E-state index contributed by atoms with van der Waals surface area (Å²) in [5.74, 6) is -0.777. The van der Waals surface area contributed by atoms with E-state index < -0.39 is 38.3 Å². The first-order valence-corrected chi connectivity index (χ1v) is 15.3. The minimum atomic E-state index is -4.32. The SMILES string of the molecule is COc1ccc(S(=O)(=O)N(CC(=O)Nc2ccc(S(=O)(=O)N3CCCCC3)cc2)c2ccc(F)cc2)cc1OC. The third-order valence-electron chi connectivity index (χ3n) is 6.44. The highest BCUT2D eigenvalue weighted by Gasteiger charge is 2.29. The summed E-state index contributed by atoms with van der Waals surface area (Å²) in [6.45, 7) is 0.291. The van der Waals surface area contributed by atoms with Crippen LogP contribution in [0.1, 0.15) is 19.3 Å². The summed E-state index contributed by atoms with van der Waals surface area (Å²) in [6.07, 6.45) is 2.61. The molecule has 0 unspecified atom stereocenters. The van der Waals surface area contributed by atoms with Crippen molar-refractivity contribution in [3.63, 3.8) is 0 Å². The van der Waals surface area contributed by atoms with Crippen molar-refractivity contribution in [2.45, 2.75) is 29.1 Å². The van der Waals surface area contributed by atoms with Crippen molar-refractivity contribution in [2.24, 2.45) is 0 Å². The predicted octanol–water partition coefficient (Wildman–Crippen LogP) is 3.85. The maximum atomic E-state index is 13.7. The van der Waals surface area contributed by atoms with E-state index in [1.807, 2.05) is 0 Å². The zero-order valence-electron chi connectivity index (χ0n) is 22.0. The average molecular weight is 592 g/mol. The van der Waals surface area contributed by atoms with Crippen LogP contribution >= 0.6 is 0 Å². The second-order valence-corrected chi connectivity index (χ2v) is 12.8. The van der Waals surface area contributed by atoms with Crippen LogP contribution in [-0.2, 0) is 24.8 Å². The van der Waals surface area contributed by atoms with Crippen LogP contribution in [0.4, 0.5) is 15.8 Å². The molecule has 0 aromatic heterocycles. The molecule has 40 heavy (non-hydrogen) atoms. The fraction of sp³-hybridized carbons (Fsp3) is 0.296. The van der Waals surface area contributed by atoms with Gasteiger partial charge in [-0.2, -0.15) is 4.31 Å². The van der Waals surface area contributed by atoms with Gasteiger partial charge in [0.05, 0.1) is 29.7 Å². The number of amides is 1. The summed E-state index contributed by atoms with van der Waals surface area (Å²) in [6, 6.07) is 14.4. The van der Waals surface area contributed by atoms with Gasteiger partial charge < -0.3 is 14.8 Å². The van der Waals surface area contributed by atoms with E-state index in [0.29, 0.717) is 18.8 Å². The molecule has 1 saturated heterocycles. The second kappa shape index (κ2) is 12.2. The van der Waals surface area contributed by atoms with E-state index >= 15 is 0 Å². The van der Waals surface area contributed by atoms with E-state index in [-0.39, 0.29) is 26.9 Å². The number of nitrogens with zero attached hydrogens (tertiary/aromatic N) is 2. The summed E-state index contributed by atoms with van der Waals surface area (Å²) < 4.78 is 79.4. The lowest BCUT2D eigenvalue weighted by molar-refractivity contribution is -0.114. The second-order valence-electron chi connectivity index (χ2n) is 9.04. The van der Waals surface area contributed by atoms with Crippen molar-refractivity contribution >= 4 is 37.3 Å². The molecule has 1 N–H and O–H groups in total. The van der Waals surface area contributed by atoms with Crippen molar-refractivity contribution in [1.82, 2.24) is 4.31 Å². The molecular formula is C27H30FN3O7S2. The summed E-state index contributed by atoms with van der Waals surface area (Å²) in [7, 11) is -5.19. The Balaban J connectivity index is 1.57. The molecule has 0 radical (unpaired) electrons. The molecule has 1 heterocycles. The molecule has 214 valence electrons. The molecule has 0 bridgehead atoms. The fourth-order valence-electron chi connectivity index (χ4n) is 4.32. The lowest BCUT2D eigenvalue weighted by Crippen LogP contribution is -2.38. The normalized spacial score (nSPS) is 14.4. The third-order valence-corrected chi connectivity index (χ3v) is 10.1. The Kier molecular flexibility index (Phi) is 8.96. The van der Waals surface area contributed by atoms with Crippen LogP contribution in [0.25, 0.3) is 0 Å². The highest BCUT2D eigenvalue weighted by Crippen LogP contribution is 2.32. The smallest absolute Gasteiger partial charge is 0.264 e. The monoisotopic (exact) mass is 591 g/mol. The Morgan fingerprint density at radius 3 is 2.05 bits per heavy atom. The number of piperidine rings is 1. The minimum Gasteiger partial charge on any atom is -0.493 e. The van der Waals surface area contributed by atoms with E-state index in [9.17, 15) is 26.0 Å². The van der Waals surface area contributed by atoms with Crippen molar-refractivity contribution in [3.05, 3.63) is 72.5 Å². The number of methoxy groups -OCH3 is 2. The molecule has 0 atom stereocenters. The summed E-state index contributed by atoms with van der Waals surface area (Å²) in [5.41, 5.74) is 0.347. The van der Waals surface area contributed by atoms with Gasteiger partial charge in [0.2, 0.25) is 15.9 Å². The quantitative estimate of drug-likeness (QED) is 0.380. The van der Waals surface area contributed by atoms with Gasteiger partial charge in [0, 0.05) is 24.8 Å². The van der Waals surface area contributed by atoms with Gasteiger partial charge in [-0.05, 0) is 73.5 Å². The molecule has 10 nitrogen and oxygen atoms in total. The third kappa shape index (κ3) is 6.37. The molecule has 1 aliphatic rings. The highest BCUT2D eigenvalue weighted by atomic mass is 32.2. The molecule has 4 rings (SSSR count). The number of carbonyl (C=O) groups excluding carboxylic acids is 1. The maximum absolute atomic E-state index is 13.7. The standard InChI is InChI=1S/C27H30FN3O7S2/c1-37-25-15-14-24(18-26(25)38-2)40(35,36)31(22-10-6-20(28)7-11-22)19-27(32)29-21-8-12-23(13-9-21)39(33,34)30-16-4-3-5-17-30/h6-15,18H,3-5,16-17,19H2,1-2H3,(H,29,32). The average Bonchev–Trinajstić information content (AvgIpc) is 2.96. The summed E-state index contributed by atoms with van der Waals surface area (Å²) in [5, 5.41) is 2.60. The van der Waals surface area contributed by atoms with Crippen LogP contribution in [0.3, 0.4) is 0 Å². The van der Waals surface area contributed by atoms with E-state index in [1.54, 1.807) is 0 Å². The summed E-state index contributed by atoms with van der Waals surface area (Å²) >= 11 is 0. The number of nitrogens with one attached hydrogen (secondary N) is 1. The number of carbonyl (C=O) groups is 1. The Labute approximate surface area is 233 Å². The topological polar surface area (TPSA) is 122 Å². The molecule has 13 heteroatoms. The molecule has 0 saturated carbocycles. The maximum Gasteiger partial charge on any atom is 0.264 e. The van der Waals surface area contributed by atoms with Gasteiger partial charge in [-0.3, -0.25) is 9.10 Å². The van der Waals surface area contributed by atoms with Crippen LogP contribution in [0, 0.1) is 5.82 Å². The molecular weight excluding hydrogens is 561 g/mol. The van der Waals surface area contributed by atoms with Crippen molar-refractivity contribution in [1.29, 1.82) is 0 Å². The molecule has 1 amide bonds. The zero-order chi connectivity index (χ0) is 28.9. The number of halogens is 1. The molecule has 3 aromatic carbocycles. The number of anilines is 2. The van der Waals surface area contributed by atoms with Gasteiger partial charge in [0.1, 0.15) is 12.4 Å². The van der Waals surface area contributed by atoms with Crippen LogP contribution in [0.5, 0.6) is 11.5 Å². The van der Waals surface area contributed by atoms with Crippen LogP contribution in [0.15, 0.2) is 76.5 Å². The molecule has 1 fully saturated rings. The van der Waals surface area contributed by atoms with E-state index in [0.717, 1.165) is 35.7 Å². The van der Waals surface area contributed by atoms with Crippen LogP contribution < -0.4 is 19.1 Å². The van der Waals surface area contributed by atoms with Gasteiger partial charge in [0.15, 0.2) is 11.5 Å². The number of hydrogen-bond acceptors (Lipinski definition) is 7. The van der Waals surface area contributed by atoms with E-state index in [2.05, 4.69) is 5.32 Å². The molecule has 0 spiro atoms. The Hall–Kier alpha value is -3.68. The van der Waals surface area contributed by atoms with Crippen molar-refractivity contribution in [3.8, 4) is 11.5 Å². The zero-order valence-corrected chi connectivity index (χ0v) is 23.7. The first-order valence-electron chi connectivity index (χ1n) is 12.5. The number of benzene rings is 3. The Morgan fingerprint density at radius 1 is 0.850 bits per heavy atom.